The number of nitrogens with one attached hydrogen (secondary N) is 1. The molecule has 2 aromatic rings. The summed E-state index contributed by atoms with van der Waals surface area (Å²) in [5.41, 5.74) is 2.00. The van der Waals surface area contributed by atoms with Gasteiger partial charge in [0.2, 0.25) is 0 Å². The lowest BCUT2D eigenvalue weighted by molar-refractivity contribution is 0.0597. The van der Waals surface area contributed by atoms with Crippen LogP contribution in [0.25, 0.3) is 0 Å². The summed E-state index contributed by atoms with van der Waals surface area (Å²) in [6, 6.07) is 4.59. The minimum atomic E-state index is -0.647. The number of thiophene rings is 1. The molecule has 1 heterocycles. The van der Waals surface area contributed by atoms with Gasteiger partial charge in [-0.2, -0.15) is 0 Å². The maximum atomic E-state index is 12.5. The Balaban J connectivity index is 1.86. The zero-order valence-corrected chi connectivity index (χ0v) is 13.5. The number of aromatic hydroxyl groups is 1. The summed E-state index contributed by atoms with van der Waals surface area (Å²) >= 11 is 1.61. The number of phenolic OH excluding ortho intramolecular Hbond substituents is 1. The summed E-state index contributed by atoms with van der Waals surface area (Å²) in [6.07, 6.45) is 4.19. The van der Waals surface area contributed by atoms with Crippen molar-refractivity contribution in [1.29, 1.82) is 0 Å². The van der Waals surface area contributed by atoms with E-state index in [4.69, 9.17) is 0 Å². The van der Waals surface area contributed by atoms with E-state index in [9.17, 15) is 14.7 Å². The van der Waals surface area contributed by atoms with Crippen LogP contribution in [0.1, 0.15) is 44.0 Å². The molecule has 2 N–H and O–H groups in total. The number of para-hydroxylation sites is 1. The molecule has 1 aliphatic carbocycles. The molecule has 1 aromatic heterocycles. The quantitative estimate of drug-likeness (QED) is 0.668. The first-order valence-electron chi connectivity index (χ1n) is 7.42. The van der Waals surface area contributed by atoms with Gasteiger partial charge >= 0.3 is 5.97 Å². The molecular formula is C17H17NO4S. The minimum Gasteiger partial charge on any atom is -0.505 e. The lowest BCUT2D eigenvalue weighted by atomic mass is 9.95. The van der Waals surface area contributed by atoms with Gasteiger partial charge in [-0.05, 0) is 43.4 Å². The molecular weight excluding hydrogens is 314 g/mol. The van der Waals surface area contributed by atoms with Crippen molar-refractivity contribution in [2.45, 2.75) is 25.7 Å². The number of phenols is 1. The molecule has 0 saturated heterocycles. The van der Waals surface area contributed by atoms with E-state index in [1.807, 2.05) is 5.38 Å². The number of benzene rings is 1. The molecule has 23 heavy (non-hydrogen) atoms. The number of methoxy groups -OCH3 is 1. The summed E-state index contributed by atoms with van der Waals surface area (Å²) < 4.78 is 4.61. The molecule has 1 aromatic carbocycles. The van der Waals surface area contributed by atoms with E-state index >= 15 is 0 Å². The van der Waals surface area contributed by atoms with Gasteiger partial charge in [0, 0.05) is 10.3 Å². The largest absolute Gasteiger partial charge is 0.505 e. The number of anilines is 1. The fourth-order valence-electron chi connectivity index (χ4n) is 2.79. The number of rotatable bonds is 3. The third-order valence-electron chi connectivity index (χ3n) is 4.00. The van der Waals surface area contributed by atoms with E-state index in [1.54, 1.807) is 23.5 Å². The lowest BCUT2D eigenvalue weighted by Gasteiger charge is -2.13. The molecule has 0 radical (unpaired) electrons. The van der Waals surface area contributed by atoms with Crippen molar-refractivity contribution in [1.82, 2.24) is 0 Å². The van der Waals surface area contributed by atoms with Crippen LogP contribution < -0.4 is 5.32 Å². The maximum Gasteiger partial charge on any atom is 0.341 e. The van der Waals surface area contributed by atoms with Gasteiger partial charge in [-0.15, -0.1) is 11.3 Å². The fourth-order valence-corrected chi connectivity index (χ4v) is 3.92. The topological polar surface area (TPSA) is 75.6 Å². The van der Waals surface area contributed by atoms with Gasteiger partial charge in [0.15, 0.2) is 5.75 Å². The van der Waals surface area contributed by atoms with Gasteiger partial charge in [0.05, 0.1) is 18.4 Å². The first-order chi connectivity index (χ1) is 11.1. The Morgan fingerprint density at radius 1 is 1.22 bits per heavy atom. The number of hydrogen-bond acceptors (Lipinski definition) is 5. The van der Waals surface area contributed by atoms with Crippen molar-refractivity contribution in [2.24, 2.45) is 0 Å². The predicted molar refractivity (Wildman–Crippen MR) is 88.4 cm³/mol. The zero-order chi connectivity index (χ0) is 16.4. The summed E-state index contributed by atoms with van der Waals surface area (Å²) in [4.78, 5) is 25.4. The van der Waals surface area contributed by atoms with E-state index in [0.717, 1.165) is 31.2 Å². The second kappa shape index (κ2) is 6.42. The zero-order valence-electron chi connectivity index (χ0n) is 12.7. The van der Waals surface area contributed by atoms with E-state index in [1.165, 1.54) is 18.1 Å². The number of esters is 1. The average molecular weight is 331 g/mol. The lowest BCUT2D eigenvalue weighted by Crippen LogP contribution is -2.15. The average Bonchev–Trinajstić information content (AvgIpc) is 3.00. The molecule has 0 fully saturated rings. The van der Waals surface area contributed by atoms with Gasteiger partial charge in [0.1, 0.15) is 5.56 Å². The second-order valence-corrected chi connectivity index (χ2v) is 6.37. The molecule has 0 aliphatic heterocycles. The van der Waals surface area contributed by atoms with Crippen molar-refractivity contribution < 1.29 is 19.4 Å². The molecule has 1 amide bonds. The standard InChI is InChI=1S/C17H17NO4S/c1-22-17(21)11-6-4-7-13(15(11)19)18-16(20)12-9-23-14-8-3-2-5-10(12)14/h4,6-7,9,19H,2-3,5,8H2,1H3,(H,18,20). The number of carbonyl (C=O) groups excluding carboxylic acids is 2. The molecule has 5 nitrogen and oxygen atoms in total. The van der Waals surface area contributed by atoms with Crippen LogP contribution in [-0.4, -0.2) is 24.1 Å². The molecule has 0 atom stereocenters. The van der Waals surface area contributed by atoms with Crippen LogP contribution in [0.5, 0.6) is 5.75 Å². The van der Waals surface area contributed by atoms with Gasteiger partial charge in [-0.3, -0.25) is 4.79 Å². The van der Waals surface area contributed by atoms with Crippen LogP contribution in [0.4, 0.5) is 5.69 Å². The normalized spacial score (nSPS) is 13.3. The fraction of sp³-hybridized carbons (Fsp3) is 0.294. The van der Waals surface area contributed by atoms with Crippen LogP contribution >= 0.6 is 11.3 Å². The van der Waals surface area contributed by atoms with Crippen molar-refractivity contribution in [2.75, 3.05) is 12.4 Å². The molecule has 3 rings (SSSR count). The van der Waals surface area contributed by atoms with Crippen molar-refractivity contribution in [3.05, 3.63) is 45.1 Å². The smallest absolute Gasteiger partial charge is 0.341 e. The minimum absolute atomic E-state index is 0.0256. The molecule has 6 heteroatoms. The SMILES string of the molecule is COC(=O)c1cccc(NC(=O)c2csc3c2CCCC3)c1O. The van der Waals surface area contributed by atoms with E-state index in [0.29, 0.717) is 5.56 Å². The number of carbonyl (C=O) groups is 2. The Hall–Kier alpha value is -2.34. The number of fused-ring (bicyclic) bond motifs is 1. The summed E-state index contributed by atoms with van der Waals surface area (Å²) in [5, 5.41) is 14.7. The third-order valence-corrected chi connectivity index (χ3v) is 5.08. The maximum absolute atomic E-state index is 12.5. The Labute approximate surface area is 137 Å². The number of amides is 1. The van der Waals surface area contributed by atoms with Gasteiger partial charge < -0.3 is 15.2 Å². The van der Waals surface area contributed by atoms with Gasteiger partial charge in [0.25, 0.3) is 5.91 Å². The Morgan fingerprint density at radius 2 is 2.00 bits per heavy atom. The number of hydrogen-bond donors (Lipinski definition) is 2. The predicted octanol–water partition coefficient (Wildman–Crippen LogP) is 3.37. The molecule has 0 unspecified atom stereocenters. The van der Waals surface area contributed by atoms with E-state index in [-0.39, 0.29) is 22.9 Å². The van der Waals surface area contributed by atoms with Crippen molar-refractivity contribution in [3.8, 4) is 5.75 Å². The van der Waals surface area contributed by atoms with Crippen LogP contribution in [0.3, 0.4) is 0 Å². The third kappa shape index (κ3) is 2.94. The molecule has 0 saturated carbocycles. The van der Waals surface area contributed by atoms with Crippen molar-refractivity contribution in [3.63, 3.8) is 0 Å². The Kier molecular flexibility index (Phi) is 4.34. The molecule has 1 aliphatic rings. The highest BCUT2D eigenvalue weighted by Crippen LogP contribution is 2.32. The number of ether oxygens (including phenoxy) is 1. The van der Waals surface area contributed by atoms with Gasteiger partial charge in [-0.1, -0.05) is 6.07 Å². The molecule has 120 valence electrons. The second-order valence-electron chi connectivity index (χ2n) is 5.41. The van der Waals surface area contributed by atoms with Crippen LogP contribution in [-0.2, 0) is 17.6 Å². The number of aryl methyl sites for hydroxylation is 1. The highest BCUT2D eigenvalue weighted by Gasteiger charge is 2.22. The molecule has 0 bridgehead atoms. The van der Waals surface area contributed by atoms with E-state index < -0.39 is 5.97 Å². The van der Waals surface area contributed by atoms with Crippen LogP contribution in [0, 0.1) is 0 Å². The highest BCUT2D eigenvalue weighted by atomic mass is 32.1. The monoisotopic (exact) mass is 331 g/mol. The van der Waals surface area contributed by atoms with Crippen LogP contribution in [0.15, 0.2) is 23.6 Å². The van der Waals surface area contributed by atoms with Crippen molar-refractivity contribution >= 4 is 28.9 Å². The summed E-state index contributed by atoms with van der Waals surface area (Å²) in [6.45, 7) is 0. The van der Waals surface area contributed by atoms with Crippen LogP contribution in [0.2, 0.25) is 0 Å². The highest BCUT2D eigenvalue weighted by molar-refractivity contribution is 7.10. The Bertz CT molecular complexity index is 766. The first-order valence-corrected chi connectivity index (χ1v) is 8.30. The van der Waals surface area contributed by atoms with Gasteiger partial charge in [-0.25, -0.2) is 4.79 Å². The van der Waals surface area contributed by atoms with E-state index in [2.05, 4.69) is 10.1 Å². The Morgan fingerprint density at radius 3 is 2.78 bits per heavy atom. The first kappa shape index (κ1) is 15.6. The molecule has 0 spiro atoms. The summed E-state index contributed by atoms with van der Waals surface area (Å²) in [7, 11) is 1.24. The summed E-state index contributed by atoms with van der Waals surface area (Å²) in [5.74, 6) is -1.19.